The molecular weight excluding hydrogens is 584 g/mol. The van der Waals surface area contributed by atoms with Gasteiger partial charge in [-0.25, -0.2) is 0 Å². The number of hydrogen-bond donors (Lipinski definition) is 0. The first-order valence-electron chi connectivity index (χ1n) is 14.2. The van der Waals surface area contributed by atoms with Crippen LogP contribution >= 0.6 is 0 Å². The average Bonchev–Trinajstić information content (AvgIpc) is 3.44. The van der Waals surface area contributed by atoms with Crippen molar-refractivity contribution in [3.05, 3.63) is 59.7 Å². The Balaban J connectivity index is 1.63. The van der Waals surface area contributed by atoms with Crippen LogP contribution in [-0.4, -0.2) is 66.0 Å². The van der Waals surface area contributed by atoms with Crippen molar-refractivity contribution < 1.29 is 44.1 Å². The van der Waals surface area contributed by atoms with E-state index >= 15 is 0 Å². The third-order valence-corrected chi connectivity index (χ3v) is 9.92. The minimum Gasteiger partial charge on any atom is -0.348 e. The first-order chi connectivity index (χ1) is 19.5. The summed E-state index contributed by atoms with van der Waals surface area (Å²) >= 11 is 0. The molecule has 12 heteroatoms. The van der Waals surface area contributed by atoms with E-state index in [0.717, 1.165) is 11.1 Å². The zero-order chi connectivity index (χ0) is 30.8. The van der Waals surface area contributed by atoms with Crippen LogP contribution in [0.5, 0.6) is 0 Å². The Morgan fingerprint density at radius 3 is 1.29 bits per heavy atom. The number of hydrogen-bond acceptors (Lipinski definition) is 10. The van der Waals surface area contributed by atoms with Crippen LogP contribution in [0, 0.1) is 13.8 Å². The van der Waals surface area contributed by atoms with Crippen molar-refractivity contribution in [3.63, 3.8) is 0 Å². The van der Waals surface area contributed by atoms with Gasteiger partial charge in [0.2, 0.25) is 0 Å². The molecule has 2 aliphatic rings. The summed E-state index contributed by atoms with van der Waals surface area (Å²) in [6.45, 7) is 11.5. The van der Waals surface area contributed by atoms with Crippen molar-refractivity contribution in [1.82, 2.24) is 0 Å². The Kier molecular flexibility index (Phi) is 10.2. The van der Waals surface area contributed by atoms with Gasteiger partial charge in [0.05, 0.1) is 35.2 Å². The molecular formula is C30H42O10S2. The van der Waals surface area contributed by atoms with Crippen molar-refractivity contribution in [2.45, 2.75) is 113 Å². The molecule has 234 valence electrons. The van der Waals surface area contributed by atoms with E-state index < -0.39 is 44.0 Å². The van der Waals surface area contributed by atoms with Gasteiger partial charge in [0.25, 0.3) is 20.2 Å². The molecule has 2 fully saturated rings. The average molecular weight is 627 g/mol. The van der Waals surface area contributed by atoms with Gasteiger partial charge in [-0.2, -0.15) is 16.8 Å². The highest BCUT2D eigenvalue weighted by Crippen LogP contribution is 2.32. The zero-order valence-electron chi connectivity index (χ0n) is 25.1. The second kappa shape index (κ2) is 13.0. The summed E-state index contributed by atoms with van der Waals surface area (Å²) in [5, 5.41) is 0. The van der Waals surface area contributed by atoms with Crippen LogP contribution in [0.3, 0.4) is 0 Å². The molecule has 0 amide bonds. The number of benzene rings is 2. The van der Waals surface area contributed by atoms with E-state index in [1.165, 1.54) is 24.3 Å². The molecule has 2 aromatic rings. The highest BCUT2D eigenvalue weighted by atomic mass is 32.2. The lowest BCUT2D eigenvalue weighted by atomic mass is 10.0. The van der Waals surface area contributed by atoms with Gasteiger partial charge in [-0.1, -0.05) is 35.4 Å². The fourth-order valence-electron chi connectivity index (χ4n) is 4.95. The molecule has 2 saturated heterocycles. The Bertz CT molecular complexity index is 1290. The number of rotatable bonds is 13. The summed E-state index contributed by atoms with van der Waals surface area (Å²) in [5.74, 6) is -1.54. The molecule has 0 aliphatic carbocycles. The summed E-state index contributed by atoms with van der Waals surface area (Å²) in [4.78, 5) is -0.0665. The van der Waals surface area contributed by atoms with E-state index in [9.17, 15) is 16.8 Å². The third-order valence-electron chi connectivity index (χ3n) is 7.22. The molecule has 4 rings (SSSR count). The van der Waals surface area contributed by atoms with Crippen molar-refractivity contribution in [2.24, 2.45) is 0 Å². The molecule has 0 unspecified atom stereocenters. The van der Waals surface area contributed by atoms with Crippen molar-refractivity contribution in [2.75, 3.05) is 13.2 Å². The van der Waals surface area contributed by atoms with Crippen LogP contribution in [0.1, 0.15) is 64.5 Å². The van der Waals surface area contributed by atoms with Crippen LogP contribution in [0.25, 0.3) is 0 Å². The lowest BCUT2D eigenvalue weighted by Gasteiger charge is -2.28. The monoisotopic (exact) mass is 626 g/mol. The Hall–Kier alpha value is -1.90. The van der Waals surface area contributed by atoms with E-state index in [2.05, 4.69) is 0 Å². The number of aryl methyl sites for hydroxylation is 2. The van der Waals surface area contributed by atoms with Gasteiger partial charge in [0.15, 0.2) is 11.6 Å². The van der Waals surface area contributed by atoms with Crippen molar-refractivity contribution in [3.8, 4) is 0 Å². The molecule has 0 radical (unpaired) electrons. The van der Waals surface area contributed by atoms with Crippen molar-refractivity contribution in [1.29, 1.82) is 0 Å². The Labute approximate surface area is 249 Å². The molecule has 42 heavy (non-hydrogen) atoms. The topological polar surface area (TPSA) is 124 Å². The van der Waals surface area contributed by atoms with Gasteiger partial charge in [-0.15, -0.1) is 0 Å². The van der Waals surface area contributed by atoms with Gasteiger partial charge in [0.1, 0.15) is 12.2 Å². The van der Waals surface area contributed by atoms with Gasteiger partial charge < -0.3 is 18.9 Å². The summed E-state index contributed by atoms with van der Waals surface area (Å²) in [6.07, 6.45) is -1.97. The van der Waals surface area contributed by atoms with E-state index in [-0.39, 0.29) is 34.8 Å². The molecule has 0 saturated carbocycles. The van der Waals surface area contributed by atoms with E-state index in [0.29, 0.717) is 26.1 Å². The Morgan fingerprint density at radius 2 is 1.00 bits per heavy atom. The van der Waals surface area contributed by atoms with Gasteiger partial charge in [0, 0.05) is 0 Å². The maximum atomic E-state index is 13.4. The predicted molar refractivity (Wildman–Crippen MR) is 155 cm³/mol. The third kappa shape index (κ3) is 9.06. The van der Waals surface area contributed by atoms with Crippen LogP contribution < -0.4 is 0 Å². The lowest BCUT2D eigenvalue weighted by molar-refractivity contribution is -0.141. The summed E-state index contributed by atoms with van der Waals surface area (Å²) in [7, 11) is -8.55. The lowest BCUT2D eigenvalue weighted by Crippen LogP contribution is -2.37. The molecule has 0 aromatic heterocycles. The van der Waals surface area contributed by atoms with Gasteiger partial charge >= 0.3 is 0 Å². The molecule has 0 spiro atoms. The smallest absolute Gasteiger partial charge is 0.297 e. The van der Waals surface area contributed by atoms with Gasteiger partial charge in [-0.05, 0) is 91.5 Å². The quantitative estimate of drug-likeness (QED) is 0.280. The first-order valence-corrected chi connectivity index (χ1v) is 17.0. The molecule has 10 nitrogen and oxygen atoms in total. The standard InChI is InChI=1S/C30H42O10S2/c1-21-7-13-25(14-8-21)41(31,32)39-27(17-11-23-19-35-29(3,4)37-23)28(18-12-24-20-36-30(5,6)38-24)40-42(33,34)26-15-9-22(2)10-16-26/h7-10,13-16,23-24,27-28H,11-12,17-20H2,1-6H3/t23-,24-,27+,28+/m0/s1. The minimum absolute atomic E-state index is 0.0332. The second-order valence-electron chi connectivity index (χ2n) is 11.9. The Morgan fingerprint density at radius 1 is 0.667 bits per heavy atom. The molecule has 2 aromatic carbocycles. The van der Waals surface area contributed by atoms with Crippen LogP contribution in [0.4, 0.5) is 0 Å². The molecule has 2 aliphatic heterocycles. The summed E-state index contributed by atoms with van der Waals surface area (Å²) in [5.41, 5.74) is 1.78. The van der Waals surface area contributed by atoms with Crippen LogP contribution in [-0.2, 0) is 47.5 Å². The highest BCUT2D eigenvalue weighted by Gasteiger charge is 2.39. The van der Waals surface area contributed by atoms with Crippen molar-refractivity contribution >= 4 is 20.2 Å². The van der Waals surface area contributed by atoms with Crippen LogP contribution in [0.2, 0.25) is 0 Å². The SMILES string of the molecule is Cc1ccc(S(=O)(=O)O[C@H](CC[C@H]2COC(C)(C)O2)[C@@H](CC[C@H]2COC(C)(C)O2)OS(=O)(=O)c2ccc(C)cc2)cc1. The predicted octanol–water partition coefficient (Wildman–Crippen LogP) is 5.01. The molecule has 4 atom stereocenters. The van der Waals surface area contributed by atoms with Gasteiger partial charge in [-0.3, -0.25) is 8.37 Å². The fraction of sp³-hybridized carbons (Fsp3) is 0.600. The largest absolute Gasteiger partial charge is 0.348 e. The maximum absolute atomic E-state index is 13.4. The normalized spacial score (nSPS) is 23.6. The van der Waals surface area contributed by atoms with E-state index in [1.807, 2.05) is 13.8 Å². The minimum atomic E-state index is -4.27. The maximum Gasteiger partial charge on any atom is 0.297 e. The highest BCUT2D eigenvalue weighted by molar-refractivity contribution is 7.87. The van der Waals surface area contributed by atoms with Crippen LogP contribution in [0.15, 0.2) is 58.3 Å². The van der Waals surface area contributed by atoms with E-state index in [4.69, 9.17) is 27.3 Å². The second-order valence-corrected chi connectivity index (χ2v) is 15.0. The van der Waals surface area contributed by atoms with E-state index in [1.54, 1.807) is 52.0 Å². The summed E-state index contributed by atoms with van der Waals surface area (Å²) in [6, 6.07) is 12.5. The molecule has 0 N–H and O–H groups in total. The fourth-order valence-corrected chi connectivity index (χ4v) is 7.20. The zero-order valence-corrected chi connectivity index (χ0v) is 26.7. The number of ether oxygens (including phenoxy) is 4. The summed E-state index contributed by atoms with van der Waals surface area (Å²) < 4.78 is 88.6. The first kappa shape index (κ1) is 33.0. The molecule has 2 heterocycles. The molecule has 0 bridgehead atoms.